The molecule has 9 nitrogen and oxygen atoms in total. The van der Waals surface area contributed by atoms with E-state index in [1.165, 1.54) is 0 Å². The monoisotopic (exact) mass is 998 g/mol. The molecule has 3 aliphatic rings. The maximum absolute atomic E-state index is 15.6. The summed E-state index contributed by atoms with van der Waals surface area (Å²) in [5.74, 6) is 1.30. The quantitative estimate of drug-likeness (QED) is 0.0857. The van der Waals surface area contributed by atoms with Crippen LogP contribution in [0.2, 0.25) is 0 Å². The highest BCUT2D eigenvalue weighted by Crippen LogP contribution is 2.61. The van der Waals surface area contributed by atoms with Gasteiger partial charge >= 0.3 is 0 Å². The third kappa shape index (κ3) is 8.33. The summed E-state index contributed by atoms with van der Waals surface area (Å²) in [6.45, 7) is 6.74. The van der Waals surface area contributed by atoms with Crippen LogP contribution in [-0.2, 0) is 48.9 Å². The van der Waals surface area contributed by atoms with E-state index < -0.39 is 27.5 Å². The van der Waals surface area contributed by atoms with E-state index in [2.05, 4.69) is 6.92 Å². The van der Waals surface area contributed by atoms with E-state index in [1.54, 1.807) is 12.1 Å². The first-order chi connectivity index (χ1) is 34.3. The number of hydrogen-bond acceptors (Lipinski definition) is 9. The van der Waals surface area contributed by atoms with Gasteiger partial charge in [-0.05, 0) is 76.7 Å². The standard InChI is InChI=1S/C59H53O9P3/c1-4-5-30-65-35-39-31-43(32-40(57(39)60)36-69(62)54-27-15-9-21-48(54)45-18-6-12-24-51(45)66-69)59(2,3)44-33-41(37-70(63)55-28-16-10-22-49(55)46-19-7-13-25-52(46)67-70)58(61)42(34-44)38-71(64)56-29-17-11-23-50(56)47-20-8-14-26-53(47)68-71/h6-29,31-34,60-61H,4-5,30,35-38H2,1-3H3. The first kappa shape index (κ1) is 46.8. The molecule has 3 unspecified atom stereocenters. The van der Waals surface area contributed by atoms with E-state index in [0.717, 1.165) is 51.8 Å². The average molecular weight is 999 g/mol. The molecule has 71 heavy (non-hydrogen) atoms. The Balaban J connectivity index is 1.06. The van der Waals surface area contributed by atoms with Crippen molar-refractivity contribution in [3.8, 4) is 62.1 Å². The number of para-hydroxylation sites is 3. The van der Waals surface area contributed by atoms with Crippen molar-refractivity contribution in [1.29, 1.82) is 0 Å². The summed E-state index contributed by atoms with van der Waals surface area (Å²) in [4.78, 5) is 0. The Morgan fingerprint density at radius 1 is 0.451 bits per heavy atom. The lowest BCUT2D eigenvalue weighted by molar-refractivity contribution is 0.116. The zero-order valence-electron chi connectivity index (χ0n) is 39.7. The molecule has 0 amide bonds. The maximum Gasteiger partial charge on any atom is 0.282 e. The van der Waals surface area contributed by atoms with E-state index in [1.807, 2.05) is 172 Å². The molecule has 0 fully saturated rings. The van der Waals surface area contributed by atoms with Gasteiger partial charge in [0.25, 0.3) is 22.1 Å². The van der Waals surface area contributed by atoms with Gasteiger partial charge in [0.2, 0.25) is 0 Å². The van der Waals surface area contributed by atoms with Gasteiger partial charge in [-0.15, -0.1) is 0 Å². The number of aromatic hydroxyl groups is 2. The minimum Gasteiger partial charge on any atom is -0.507 e. The number of phenols is 2. The molecule has 3 atom stereocenters. The number of benzene rings is 8. The number of fused-ring (bicyclic) bond motifs is 9. The molecule has 2 N–H and O–H groups in total. The van der Waals surface area contributed by atoms with E-state index in [4.69, 9.17) is 18.3 Å². The van der Waals surface area contributed by atoms with E-state index in [0.29, 0.717) is 67.6 Å². The lowest BCUT2D eigenvalue weighted by Crippen LogP contribution is -2.23. The molecule has 0 bridgehead atoms. The smallest absolute Gasteiger partial charge is 0.282 e. The third-order valence-corrected chi connectivity index (χ3v) is 21.2. The Bertz CT molecular complexity index is 3430. The van der Waals surface area contributed by atoms with Crippen molar-refractivity contribution in [2.24, 2.45) is 0 Å². The number of rotatable bonds is 13. The Morgan fingerprint density at radius 3 is 1.13 bits per heavy atom. The van der Waals surface area contributed by atoms with Gasteiger partial charge in [0.05, 0.1) is 41.0 Å². The summed E-state index contributed by atoms with van der Waals surface area (Å²) < 4.78 is 72.3. The van der Waals surface area contributed by atoms with Crippen LogP contribution in [0.4, 0.5) is 0 Å². The van der Waals surface area contributed by atoms with Crippen LogP contribution in [0.3, 0.4) is 0 Å². The largest absolute Gasteiger partial charge is 0.507 e. The fourth-order valence-corrected chi connectivity index (χ4v) is 17.4. The van der Waals surface area contributed by atoms with E-state index in [-0.39, 0.29) is 36.6 Å². The van der Waals surface area contributed by atoms with Crippen LogP contribution >= 0.6 is 22.1 Å². The van der Waals surface area contributed by atoms with Crippen molar-refractivity contribution in [2.45, 2.75) is 64.1 Å². The molecule has 0 saturated carbocycles. The summed E-state index contributed by atoms with van der Waals surface area (Å²) in [5.41, 5.74) is 7.06. The molecule has 8 aromatic carbocycles. The number of phenolic OH excluding ortho intramolecular Hbond substituents is 2. The normalized spacial score (nSPS) is 19.3. The van der Waals surface area contributed by atoms with Gasteiger partial charge in [0.15, 0.2) is 0 Å². The number of hydrogen-bond donors (Lipinski definition) is 2. The van der Waals surface area contributed by atoms with Gasteiger partial charge in [-0.2, -0.15) is 0 Å². The van der Waals surface area contributed by atoms with Crippen molar-refractivity contribution >= 4 is 38.0 Å². The average Bonchev–Trinajstić information content (AvgIpc) is 3.37. The molecule has 3 heterocycles. The first-order valence-electron chi connectivity index (χ1n) is 24.0. The summed E-state index contributed by atoms with van der Waals surface area (Å²) in [5, 5.41) is 26.4. The van der Waals surface area contributed by atoms with Crippen LogP contribution in [0.25, 0.3) is 33.4 Å². The molecule has 3 aliphatic heterocycles. The van der Waals surface area contributed by atoms with Crippen molar-refractivity contribution < 1.29 is 42.2 Å². The van der Waals surface area contributed by atoms with Crippen LogP contribution in [0.1, 0.15) is 67.0 Å². The number of ether oxygens (including phenoxy) is 1. The highest BCUT2D eigenvalue weighted by atomic mass is 31.2. The zero-order valence-corrected chi connectivity index (χ0v) is 42.4. The second-order valence-corrected chi connectivity index (χ2v) is 26.1. The molecular formula is C59H53O9P3. The summed E-state index contributed by atoms with van der Waals surface area (Å²) >= 11 is 0. The maximum atomic E-state index is 15.6. The van der Waals surface area contributed by atoms with Gasteiger partial charge < -0.3 is 28.5 Å². The van der Waals surface area contributed by atoms with E-state index >= 15 is 13.7 Å². The molecule has 0 aliphatic carbocycles. The van der Waals surface area contributed by atoms with Crippen LogP contribution in [-0.4, -0.2) is 16.8 Å². The van der Waals surface area contributed by atoms with Crippen LogP contribution in [0.5, 0.6) is 28.7 Å². The minimum atomic E-state index is -3.78. The molecular weight excluding hydrogens is 946 g/mol. The molecule has 0 saturated heterocycles. The Hall–Kier alpha value is -6.59. The Kier molecular flexibility index (Phi) is 12.0. The zero-order chi connectivity index (χ0) is 49.1. The Labute approximate surface area is 414 Å². The lowest BCUT2D eigenvalue weighted by atomic mass is 9.76. The summed E-state index contributed by atoms with van der Waals surface area (Å²) in [6, 6.07) is 52.6. The molecule has 0 radical (unpaired) electrons. The van der Waals surface area contributed by atoms with Gasteiger partial charge in [-0.3, -0.25) is 13.7 Å². The fraction of sp³-hybridized carbons (Fsp3) is 0.186. The fourth-order valence-electron chi connectivity index (χ4n) is 10.3. The molecule has 8 aromatic rings. The summed E-state index contributed by atoms with van der Waals surface area (Å²) in [6.07, 6.45) is 1.31. The number of unbranched alkanes of at least 4 members (excludes halogenated alkanes) is 1. The van der Waals surface area contributed by atoms with Gasteiger partial charge in [-0.1, -0.05) is 155 Å². The van der Waals surface area contributed by atoms with Crippen LogP contribution in [0.15, 0.2) is 170 Å². The minimum absolute atomic E-state index is 0.0266. The van der Waals surface area contributed by atoms with Gasteiger partial charge in [-0.25, -0.2) is 0 Å². The van der Waals surface area contributed by atoms with Gasteiger partial charge in [0, 0.05) is 51.0 Å². The van der Waals surface area contributed by atoms with E-state index in [9.17, 15) is 10.2 Å². The van der Waals surface area contributed by atoms with Crippen molar-refractivity contribution in [3.05, 3.63) is 203 Å². The van der Waals surface area contributed by atoms with Crippen molar-refractivity contribution in [1.82, 2.24) is 0 Å². The third-order valence-electron chi connectivity index (χ3n) is 14.1. The molecule has 12 heteroatoms. The molecule has 358 valence electrons. The highest BCUT2D eigenvalue weighted by Gasteiger charge is 2.42. The molecule has 11 rings (SSSR count). The van der Waals surface area contributed by atoms with Crippen LogP contribution in [0, 0.1) is 0 Å². The molecule has 0 aromatic heterocycles. The first-order valence-corrected chi connectivity index (χ1v) is 29.4. The van der Waals surface area contributed by atoms with Crippen LogP contribution < -0.4 is 29.5 Å². The highest BCUT2D eigenvalue weighted by molar-refractivity contribution is 7.67. The lowest BCUT2D eigenvalue weighted by Gasteiger charge is -2.33. The van der Waals surface area contributed by atoms with Crippen molar-refractivity contribution in [3.63, 3.8) is 0 Å². The second kappa shape index (κ2) is 18.2. The Morgan fingerprint density at radius 2 is 0.761 bits per heavy atom. The van der Waals surface area contributed by atoms with Crippen molar-refractivity contribution in [2.75, 3.05) is 6.61 Å². The van der Waals surface area contributed by atoms with Gasteiger partial charge in [0.1, 0.15) is 28.7 Å². The second-order valence-electron chi connectivity index (χ2n) is 19.1. The predicted octanol–water partition coefficient (Wildman–Crippen LogP) is 14.2. The summed E-state index contributed by atoms with van der Waals surface area (Å²) in [7, 11) is -11.2. The SMILES string of the molecule is CCCCOCc1cc(C(C)(C)c2cc(CP3(=O)Oc4ccccc4-c4ccccc43)c(O)c(CP3(=O)Oc4ccccc4-c4ccccc43)c2)cc(CP2(=O)Oc3ccccc3-c3ccccc32)c1O. The predicted molar refractivity (Wildman–Crippen MR) is 283 cm³/mol. The topological polar surface area (TPSA) is 129 Å². The molecule has 0 spiro atoms.